The highest BCUT2D eigenvalue weighted by atomic mass is 19.4. The van der Waals surface area contributed by atoms with E-state index in [1.807, 2.05) is 60.7 Å². The van der Waals surface area contributed by atoms with Crippen molar-refractivity contribution in [2.45, 2.75) is 90.0 Å². The standard InChI is InChI=1S/C35H34O8.C30H32O9.C29H27F3O7/c1-40-30-16-23(14-25(18-37)34(30)41-2)31-27(33(39)28-15-24(17-36)29(19-38)35(42-3)32(28)31)13-21-9-11-26(12-10-21)43-20-22-7-5-4-6-8-22;1-35-20-7-6-16(24(12-20)36-2)9-21-26(17-8-19(14-32)29(38-4)25(11-17)37-3)27-22(28(21)34)10-18(13-31)23(15-33)30(27)39-5;1-37-23-11-16(9-18(13-34)27(23)38-2)24-20(8-15-4-6-19(7-5-15)29(30,31)32)26(36)21-10-17(12-33)22(14-35)28(39-3)25(21)24/h4-16,31,36-38H,17-20H2,1-3H3;6-12,26,31-33H,13-15H2,1-5H3;4-11,24,33-35H,12-14H2,1-3H3/b27-13-;21-9-;20-8-. The maximum absolute atomic E-state index is 14.1. The molecule has 3 aliphatic rings. The molecule has 10 aromatic rings. The summed E-state index contributed by atoms with van der Waals surface area (Å²) < 4.78 is 106. The lowest BCUT2D eigenvalue weighted by Gasteiger charge is -2.22. The Balaban J connectivity index is 0.000000178. The van der Waals surface area contributed by atoms with Crippen LogP contribution in [0.25, 0.3) is 18.2 Å². The Bertz CT molecular complexity index is 5500. The van der Waals surface area contributed by atoms with Crippen molar-refractivity contribution in [3.05, 3.63) is 296 Å². The molecule has 0 spiro atoms. The topological polar surface area (TPSA) is 344 Å². The van der Waals surface area contributed by atoms with Crippen molar-refractivity contribution in [1.82, 2.24) is 0 Å². The predicted molar refractivity (Wildman–Crippen MR) is 442 cm³/mol. The highest BCUT2D eigenvalue weighted by molar-refractivity contribution is 6.20. The van der Waals surface area contributed by atoms with Gasteiger partial charge >= 0.3 is 6.18 Å². The quantitative estimate of drug-likeness (QED) is 0.0197. The third kappa shape index (κ3) is 17.8. The second kappa shape index (κ2) is 39.6. The first-order chi connectivity index (χ1) is 58.5. The van der Waals surface area contributed by atoms with E-state index in [0.29, 0.717) is 187 Å². The fourth-order valence-electron chi connectivity index (χ4n) is 15.9. The number of ketones is 3. The van der Waals surface area contributed by atoms with Gasteiger partial charge in [-0.15, -0.1) is 0 Å². The van der Waals surface area contributed by atoms with Crippen LogP contribution in [0.2, 0.25) is 0 Å². The first kappa shape index (κ1) is 89.3. The Labute approximate surface area is 696 Å². The van der Waals surface area contributed by atoms with Gasteiger partial charge in [0, 0.05) is 113 Å². The number of aliphatic hydroxyl groups excluding tert-OH is 9. The van der Waals surface area contributed by atoms with E-state index in [4.69, 9.17) is 56.8 Å². The molecule has 10 aromatic carbocycles. The van der Waals surface area contributed by atoms with E-state index in [1.54, 1.807) is 79.9 Å². The Morgan fingerprint density at radius 1 is 0.322 bits per heavy atom. The number of aliphatic hydroxyl groups is 9. The van der Waals surface area contributed by atoms with Crippen LogP contribution in [-0.4, -0.2) is 142 Å². The Kier molecular flexibility index (Phi) is 29.2. The summed E-state index contributed by atoms with van der Waals surface area (Å²) in [6.07, 6.45) is 0.555. The number of hydrogen-bond acceptors (Lipinski definition) is 24. The monoisotopic (exact) mass is 1660 g/mol. The number of ether oxygens (including phenoxy) is 12. The number of hydrogen-bond donors (Lipinski definition) is 9. The molecule has 0 heterocycles. The SMILES string of the molecule is COc1cc(C2/C(=C/c3ccc(C(F)(F)F)cc3)C(=O)c3cc(CO)c(CO)c(OC)c32)cc(CO)c1OC.COc1cc(C2/C(=C/c3ccc(OCc4ccccc4)cc3)C(=O)c3cc(CO)c(CO)c(OC)c32)cc(CO)c1OC.COc1ccc(/C=C2\C(=O)c3cc(CO)c(CO)c(OC)c3C2c2cc(CO)c(OC)c(OC)c2)c(OC)c1. The number of alkyl halides is 3. The van der Waals surface area contributed by atoms with E-state index in [0.717, 1.165) is 23.3 Å². The van der Waals surface area contributed by atoms with Gasteiger partial charge in [-0.1, -0.05) is 54.6 Å². The molecular weight excluding hydrogens is 1570 g/mol. The van der Waals surface area contributed by atoms with Gasteiger partial charge in [0.1, 0.15) is 41.1 Å². The summed E-state index contributed by atoms with van der Waals surface area (Å²) >= 11 is 0. The predicted octanol–water partition coefficient (Wildman–Crippen LogP) is 13.4. The normalized spacial score (nSPS) is 15.4. The van der Waals surface area contributed by atoms with Crippen LogP contribution in [0.3, 0.4) is 0 Å². The van der Waals surface area contributed by atoms with Crippen LogP contribution in [0.1, 0.15) is 160 Å². The maximum Gasteiger partial charge on any atom is 0.416 e. The van der Waals surface area contributed by atoms with Gasteiger partial charge in [0.2, 0.25) is 0 Å². The van der Waals surface area contributed by atoms with Gasteiger partial charge in [-0.25, -0.2) is 0 Å². The number of carbonyl (C=O) groups is 3. The van der Waals surface area contributed by atoms with Crippen LogP contribution in [0, 0.1) is 0 Å². The van der Waals surface area contributed by atoms with Gasteiger partial charge in [-0.2, -0.15) is 13.2 Å². The van der Waals surface area contributed by atoms with Crippen molar-refractivity contribution in [1.29, 1.82) is 0 Å². The fraction of sp³-hybridized carbons (Fsp3) is 0.266. The van der Waals surface area contributed by atoms with Crippen LogP contribution >= 0.6 is 0 Å². The number of methoxy groups -OCH3 is 11. The molecule has 0 amide bonds. The summed E-state index contributed by atoms with van der Waals surface area (Å²) in [6.45, 7) is -3.07. The maximum atomic E-state index is 14.1. The molecule has 121 heavy (non-hydrogen) atoms. The van der Waals surface area contributed by atoms with Gasteiger partial charge in [-0.3, -0.25) is 14.4 Å². The molecule has 0 aromatic heterocycles. The molecule has 27 heteroatoms. The smallest absolute Gasteiger partial charge is 0.416 e. The largest absolute Gasteiger partial charge is 0.497 e. The Morgan fingerprint density at radius 2 is 0.653 bits per heavy atom. The second-order valence-electron chi connectivity index (χ2n) is 27.9. The molecule has 0 saturated carbocycles. The number of rotatable bonds is 29. The third-order valence-electron chi connectivity index (χ3n) is 21.5. The van der Waals surface area contributed by atoms with Crippen LogP contribution in [0.5, 0.6) is 69.0 Å². The van der Waals surface area contributed by atoms with Crippen molar-refractivity contribution >= 4 is 35.6 Å². The van der Waals surface area contributed by atoms with Gasteiger partial charge in [0.15, 0.2) is 51.8 Å². The fourth-order valence-corrected chi connectivity index (χ4v) is 15.9. The summed E-state index contributed by atoms with van der Waals surface area (Å²) in [5.41, 5.74) is 10.9. The minimum atomic E-state index is -4.51. The summed E-state index contributed by atoms with van der Waals surface area (Å²) in [5.74, 6) is 1.76. The Hall–Kier alpha value is -12.5. The van der Waals surface area contributed by atoms with Gasteiger partial charge in [0.05, 0.1) is 143 Å². The molecule has 0 aliphatic heterocycles. The van der Waals surface area contributed by atoms with Crippen molar-refractivity contribution in [2.75, 3.05) is 78.2 Å². The van der Waals surface area contributed by atoms with Crippen molar-refractivity contribution in [3.63, 3.8) is 0 Å². The van der Waals surface area contributed by atoms with E-state index < -0.39 is 61.7 Å². The number of allylic oxidation sites excluding steroid dienone is 3. The molecular formula is C94H93F3O24. The van der Waals surface area contributed by atoms with Gasteiger partial charge in [0.25, 0.3) is 0 Å². The number of fused-ring (bicyclic) bond motifs is 3. The average Bonchev–Trinajstić information content (AvgIpc) is 1.59. The molecule has 0 radical (unpaired) electrons. The molecule has 13 rings (SSSR count). The molecule has 0 fully saturated rings. The highest BCUT2D eigenvalue weighted by Gasteiger charge is 2.45. The molecule has 0 bridgehead atoms. The highest BCUT2D eigenvalue weighted by Crippen LogP contribution is 2.56. The molecule has 3 atom stereocenters. The minimum Gasteiger partial charge on any atom is -0.497 e. The zero-order valence-electron chi connectivity index (χ0n) is 68.3. The number of Topliss-reactive ketones (excluding diaryl/α,β-unsaturated/α-hetero) is 3. The van der Waals surface area contributed by atoms with Crippen LogP contribution in [0.15, 0.2) is 168 Å². The molecule has 3 aliphatic carbocycles. The average molecular weight is 1660 g/mol. The van der Waals surface area contributed by atoms with E-state index in [9.17, 15) is 73.5 Å². The summed E-state index contributed by atoms with van der Waals surface area (Å²) in [4.78, 5) is 41.9. The summed E-state index contributed by atoms with van der Waals surface area (Å²) in [7, 11) is 16.2. The number of halogens is 3. The Morgan fingerprint density at radius 3 is 0.959 bits per heavy atom. The first-order valence-corrected chi connectivity index (χ1v) is 37.9. The van der Waals surface area contributed by atoms with Crippen molar-refractivity contribution in [3.8, 4) is 69.0 Å². The minimum absolute atomic E-state index is 0.202. The van der Waals surface area contributed by atoms with Crippen LogP contribution in [0.4, 0.5) is 13.2 Å². The lowest BCUT2D eigenvalue weighted by molar-refractivity contribution is -0.137. The summed E-state index contributed by atoms with van der Waals surface area (Å²) in [5, 5.41) is 90.8. The molecule has 9 N–H and O–H groups in total. The second-order valence-corrected chi connectivity index (χ2v) is 27.9. The van der Waals surface area contributed by atoms with Gasteiger partial charge < -0.3 is 103 Å². The van der Waals surface area contributed by atoms with E-state index in [1.165, 1.54) is 95.4 Å². The van der Waals surface area contributed by atoms with E-state index in [-0.39, 0.29) is 61.5 Å². The van der Waals surface area contributed by atoms with Crippen LogP contribution in [-0.2, 0) is 72.2 Å². The lowest BCUT2D eigenvalue weighted by Crippen LogP contribution is -2.08. The molecule has 3 unspecified atom stereocenters. The zero-order chi connectivity index (χ0) is 87.3. The van der Waals surface area contributed by atoms with E-state index in [2.05, 4.69) is 0 Å². The first-order valence-electron chi connectivity index (χ1n) is 37.9. The third-order valence-corrected chi connectivity index (χ3v) is 21.5. The van der Waals surface area contributed by atoms with Crippen LogP contribution < -0.4 is 56.8 Å². The van der Waals surface area contributed by atoms with Crippen molar-refractivity contribution < 1.29 is 130 Å². The van der Waals surface area contributed by atoms with E-state index >= 15 is 0 Å². The lowest BCUT2D eigenvalue weighted by atomic mass is 9.85. The molecule has 24 nitrogen and oxygen atoms in total. The number of benzene rings is 10. The molecule has 634 valence electrons. The zero-order valence-corrected chi connectivity index (χ0v) is 68.3. The van der Waals surface area contributed by atoms with Gasteiger partial charge in [-0.05, 0) is 159 Å². The van der Waals surface area contributed by atoms with Crippen molar-refractivity contribution in [2.24, 2.45) is 0 Å². The number of carbonyl (C=O) groups excluding carboxylic acids is 3. The summed E-state index contributed by atoms with van der Waals surface area (Å²) in [6, 6.07) is 42.1. The molecule has 0 saturated heterocycles.